The summed E-state index contributed by atoms with van der Waals surface area (Å²) in [5.41, 5.74) is 3.01. The molecule has 4 heterocycles. The van der Waals surface area contributed by atoms with Gasteiger partial charge in [-0.2, -0.15) is 0 Å². The molecule has 0 bridgehead atoms. The second-order valence-electron chi connectivity index (χ2n) is 11.5. The molecule has 0 unspecified atom stereocenters. The third-order valence-corrected chi connectivity index (χ3v) is 8.64. The first-order valence-electron chi connectivity index (χ1n) is 14.7. The van der Waals surface area contributed by atoms with E-state index in [2.05, 4.69) is 37.2 Å². The monoisotopic (exact) mass is 557 g/mol. The third-order valence-electron chi connectivity index (χ3n) is 8.64. The van der Waals surface area contributed by atoms with Gasteiger partial charge in [0.1, 0.15) is 5.82 Å². The highest BCUT2D eigenvalue weighted by Crippen LogP contribution is 2.34. The molecule has 2 N–H and O–H groups in total. The third kappa shape index (κ3) is 6.19. The van der Waals surface area contributed by atoms with Crippen LogP contribution in [0.2, 0.25) is 0 Å². The lowest BCUT2D eigenvalue weighted by Gasteiger charge is -2.36. The van der Waals surface area contributed by atoms with Crippen LogP contribution < -0.4 is 10.9 Å². The normalized spacial score (nSPS) is 17.3. The number of likely N-dealkylation sites (tertiary alicyclic amines) is 2. The van der Waals surface area contributed by atoms with E-state index in [1.165, 1.54) is 69.6 Å². The van der Waals surface area contributed by atoms with Crippen molar-refractivity contribution in [3.05, 3.63) is 88.5 Å². The summed E-state index contributed by atoms with van der Waals surface area (Å²) in [5.74, 6) is -2.53. The van der Waals surface area contributed by atoms with Crippen LogP contribution >= 0.6 is 0 Å². The molecule has 0 radical (unpaired) electrons. The summed E-state index contributed by atoms with van der Waals surface area (Å²) in [4.78, 5) is 25.4. The molecule has 2 aliphatic rings. The van der Waals surface area contributed by atoms with E-state index in [0.29, 0.717) is 27.7 Å². The summed E-state index contributed by atoms with van der Waals surface area (Å²) >= 11 is 0. The number of piperidine rings is 1. The average Bonchev–Trinajstić information content (AvgIpc) is 3.52. The highest BCUT2D eigenvalue weighted by atomic mass is 19.3. The Kier molecular flexibility index (Phi) is 7.86. The summed E-state index contributed by atoms with van der Waals surface area (Å²) in [5, 5.41) is 4.34. The smallest absolute Gasteiger partial charge is 0.270 e. The van der Waals surface area contributed by atoms with Crippen molar-refractivity contribution in [2.45, 2.75) is 51.0 Å². The fourth-order valence-electron chi connectivity index (χ4n) is 6.29. The van der Waals surface area contributed by atoms with Gasteiger partial charge in [-0.05, 0) is 93.7 Å². The van der Waals surface area contributed by atoms with Gasteiger partial charge in [-0.25, -0.2) is 13.8 Å². The molecular weight excluding hydrogens is 520 g/mol. The molecule has 41 heavy (non-hydrogen) atoms. The highest BCUT2D eigenvalue weighted by Gasteiger charge is 2.26. The SMILES string of the molecule is CC(F)(F)c1cccc(-c2c[nH]c(=O)c3c(Nc4ccc(CCN5CCC(N6CCCC6)CC5)cc4)nccc23)c1. The lowest BCUT2D eigenvalue weighted by atomic mass is 9.98. The Morgan fingerprint density at radius 3 is 2.51 bits per heavy atom. The highest BCUT2D eigenvalue weighted by molar-refractivity contribution is 6.01. The molecule has 2 fully saturated rings. The minimum Gasteiger partial charge on any atom is -0.340 e. The van der Waals surface area contributed by atoms with Gasteiger partial charge in [-0.15, -0.1) is 0 Å². The van der Waals surface area contributed by atoms with E-state index in [1.807, 2.05) is 12.1 Å². The molecule has 2 aliphatic heterocycles. The maximum absolute atomic E-state index is 14.0. The van der Waals surface area contributed by atoms with Gasteiger partial charge in [0.2, 0.25) is 0 Å². The van der Waals surface area contributed by atoms with Gasteiger partial charge in [0, 0.05) is 54.1 Å². The second kappa shape index (κ2) is 11.7. The maximum Gasteiger partial charge on any atom is 0.270 e. The van der Waals surface area contributed by atoms with Crippen molar-refractivity contribution in [2.75, 3.05) is 38.0 Å². The van der Waals surface area contributed by atoms with Crippen LogP contribution in [0.15, 0.2) is 71.8 Å². The van der Waals surface area contributed by atoms with Crippen LogP contribution in [-0.4, -0.2) is 58.5 Å². The van der Waals surface area contributed by atoms with E-state index in [0.717, 1.165) is 31.6 Å². The molecule has 0 atom stereocenters. The Morgan fingerprint density at radius 1 is 1.02 bits per heavy atom. The Labute approximate surface area is 239 Å². The van der Waals surface area contributed by atoms with Crippen LogP contribution in [0.1, 0.15) is 43.7 Å². The van der Waals surface area contributed by atoms with Crippen LogP contribution in [0.5, 0.6) is 0 Å². The van der Waals surface area contributed by atoms with Crippen LogP contribution in [0, 0.1) is 0 Å². The van der Waals surface area contributed by atoms with E-state index in [4.69, 9.17) is 0 Å². The molecule has 0 aliphatic carbocycles. The van der Waals surface area contributed by atoms with Crippen molar-refractivity contribution in [1.82, 2.24) is 19.8 Å². The zero-order valence-electron chi connectivity index (χ0n) is 23.5. The van der Waals surface area contributed by atoms with Crippen molar-refractivity contribution in [2.24, 2.45) is 0 Å². The number of fused-ring (bicyclic) bond motifs is 1. The summed E-state index contributed by atoms with van der Waals surface area (Å²) in [6.45, 7) is 6.86. The van der Waals surface area contributed by atoms with Crippen LogP contribution in [0.3, 0.4) is 0 Å². The number of benzene rings is 2. The number of anilines is 2. The fourth-order valence-corrected chi connectivity index (χ4v) is 6.29. The van der Waals surface area contributed by atoms with Crippen molar-refractivity contribution in [1.29, 1.82) is 0 Å². The summed E-state index contributed by atoms with van der Waals surface area (Å²) in [6.07, 6.45) is 9.47. The first kappa shape index (κ1) is 27.5. The Morgan fingerprint density at radius 2 is 1.78 bits per heavy atom. The largest absolute Gasteiger partial charge is 0.340 e. The Bertz CT molecular complexity index is 1550. The van der Waals surface area contributed by atoms with E-state index in [-0.39, 0.29) is 11.1 Å². The number of rotatable bonds is 8. The van der Waals surface area contributed by atoms with Gasteiger partial charge in [0.15, 0.2) is 0 Å². The number of nitrogens with one attached hydrogen (secondary N) is 2. The quantitative estimate of drug-likeness (QED) is 0.257. The van der Waals surface area contributed by atoms with E-state index < -0.39 is 5.92 Å². The van der Waals surface area contributed by atoms with E-state index >= 15 is 0 Å². The van der Waals surface area contributed by atoms with Crippen molar-refractivity contribution < 1.29 is 8.78 Å². The number of aromatic amines is 1. The van der Waals surface area contributed by atoms with Crippen LogP contribution in [0.4, 0.5) is 20.3 Å². The van der Waals surface area contributed by atoms with Gasteiger partial charge in [-0.1, -0.05) is 30.3 Å². The predicted octanol–water partition coefficient (Wildman–Crippen LogP) is 6.55. The van der Waals surface area contributed by atoms with Gasteiger partial charge < -0.3 is 20.1 Å². The van der Waals surface area contributed by atoms with Gasteiger partial charge >= 0.3 is 0 Å². The maximum atomic E-state index is 14.0. The number of alkyl halides is 2. The molecule has 2 aromatic heterocycles. The predicted molar refractivity (Wildman–Crippen MR) is 161 cm³/mol. The van der Waals surface area contributed by atoms with E-state index in [9.17, 15) is 13.6 Å². The topological polar surface area (TPSA) is 64.3 Å². The van der Waals surface area contributed by atoms with E-state index in [1.54, 1.807) is 30.6 Å². The Hall–Kier alpha value is -3.62. The number of aromatic nitrogens is 2. The lowest BCUT2D eigenvalue weighted by Crippen LogP contribution is -2.44. The second-order valence-corrected chi connectivity index (χ2v) is 11.5. The van der Waals surface area contributed by atoms with Crippen molar-refractivity contribution in [3.63, 3.8) is 0 Å². The first-order chi connectivity index (χ1) is 19.8. The summed E-state index contributed by atoms with van der Waals surface area (Å²) < 4.78 is 28.0. The molecule has 6 rings (SSSR count). The number of H-pyrrole nitrogens is 1. The fraction of sp³-hybridized carbons (Fsp3) is 0.394. The van der Waals surface area contributed by atoms with Crippen molar-refractivity contribution >= 4 is 22.3 Å². The standard InChI is InChI=1S/C33H37F2N5O/c1-33(34,35)25-6-4-5-24(21-25)29-22-37-32(41)30-28(29)11-15-36-31(30)38-26-9-7-23(8-10-26)12-18-39-19-13-27(14-20-39)40-16-2-3-17-40/h4-11,15,21-22,27H,2-3,12-14,16-20H2,1H3,(H,36,38)(H,37,41). The molecule has 8 heteroatoms. The molecular formula is C33H37F2N5O. The van der Waals surface area contributed by atoms with Gasteiger partial charge in [-0.3, -0.25) is 4.79 Å². The molecule has 4 aromatic rings. The van der Waals surface area contributed by atoms with Crippen LogP contribution in [-0.2, 0) is 12.3 Å². The lowest BCUT2D eigenvalue weighted by molar-refractivity contribution is 0.0175. The van der Waals surface area contributed by atoms with Crippen molar-refractivity contribution in [3.8, 4) is 11.1 Å². The summed E-state index contributed by atoms with van der Waals surface area (Å²) in [7, 11) is 0. The molecule has 2 saturated heterocycles. The molecule has 0 spiro atoms. The van der Waals surface area contributed by atoms with Gasteiger partial charge in [0.25, 0.3) is 11.5 Å². The van der Waals surface area contributed by atoms with Crippen LogP contribution in [0.25, 0.3) is 21.9 Å². The first-order valence-corrected chi connectivity index (χ1v) is 14.7. The minimum absolute atomic E-state index is 0.0756. The molecule has 0 amide bonds. The average molecular weight is 558 g/mol. The number of hydrogen-bond acceptors (Lipinski definition) is 5. The minimum atomic E-state index is -2.96. The molecule has 214 valence electrons. The summed E-state index contributed by atoms with van der Waals surface area (Å²) in [6, 6.07) is 17.0. The zero-order valence-corrected chi connectivity index (χ0v) is 23.5. The molecule has 0 saturated carbocycles. The molecule has 6 nitrogen and oxygen atoms in total. The number of hydrogen-bond donors (Lipinski definition) is 2. The Balaban J connectivity index is 1.14. The number of pyridine rings is 2. The number of halogens is 2. The number of nitrogens with zero attached hydrogens (tertiary/aromatic N) is 3. The molecule has 2 aromatic carbocycles. The zero-order chi connectivity index (χ0) is 28.4. The van der Waals surface area contributed by atoms with Gasteiger partial charge in [0.05, 0.1) is 5.39 Å².